The van der Waals surface area contributed by atoms with E-state index in [9.17, 15) is 4.79 Å². The molecule has 0 radical (unpaired) electrons. The molecule has 132 valence electrons. The van der Waals surface area contributed by atoms with Crippen LogP contribution in [0.15, 0.2) is 61.2 Å². The lowest BCUT2D eigenvalue weighted by Crippen LogP contribution is -2.34. The monoisotopic (exact) mass is 346 g/mol. The van der Waals surface area contributed by atoms with Crippen molar-refractivity contribution in [3.63, 3.8) is 0 Å². The predicted octanol–water partition coefficient (Wildman–Crippen LogP) is 3.53. The van der Waals surface area contributed by atoms with Gasteiger partial charge in [-0.1, -0.05) is 48.5 Å². The maximum absolute atomic E-state index is 12.4. The highest BCUT2D eigenvalue weighted by Gasteiger charge is 2.18. The van der Waals surface area contributed by atoms with Crippen LogP contribution >= 0.6 is 0 Å². The van der Waals surface area contributed by atoms with Gasteiger partial charge in [-0.3, -0.25) is 9.48 Å². The fourth-order valence-corrected chi connectivity index (χ4v) is 3.54. The fraction of sp³-hybridized carbons (Fsp3) is 0.286. The zero-order chi connectivity index (χ0) is 17.8. The average Bonchev–Trinajstić information content (AvgIpc) is 3.21. The van der Waals surface area contributed by atoms with Gasteiger partial charge in [-0.15, -0.1) is 0 Å². The molecule has 2 aromatic carbocycles. The molecule has 1 aliphatic rings. The van der Waals surface area contributed by atoms with Crippen molar-refractivity contribution in [2.24, 2.45) is 0 Å². The van der Waals surface area contributed by atoms with E-state index in [4.69, 9.17) is 0 Å². The molecule has 1 aromatic heterocycles. The van der Waals surface area contributed by atoms with E-state index in [2.05, 4.69) is 58.6 Å². The number of carbonyl (C=O) groups excluding carboxylic acids is 1. The van der Waals surface area contributed by atoms with Crippen molar-refractivity contribution in [2.45, 2.75) is 25.8 Å². The molecule has 0 saturated carbocycles. The van der Waals surface area contributed by atoms with Crippen molar-refractivity contribution in [1.29, 1.82) is 0 Å². The van der Waals surface area contributed by atoms with Crippen LogP contribution in [-0.2, 0) is 11.3 Å². The standard InChI is InChI=1S/C21H22N4O/c26-21(9-4-12-25-16-22-15-23-25)24-13-10-18(11-14-24)20-8-3-6-17-5-1-2-7-19(17)20/h1-3,5-8,10,15-16H,4,9,11-14H2. The molecule has 4 rings (SSSR count). The lowest BCUT2D eigenvalue weighted by molar-refractivity contribution is -0.130. The van der Waals surface area contributed by atoms with Crippen molar-refractivity contribution >= 4 is 22.3 Å². The van der Waals surface area contributed by atoms with Gasteiger partial charge in [0.15, 0.2) is 0 Å². The quantitative estimate of drug-likeness (QED) is 0.710. The molecule has 0 aliphatic carbocycles. The van der Waals surface area contributed by atoms with Crippen LogP contribution in [0.25, 0.3) is 16.3 Å². The summed E-state index contributed by atoms with van der Waals surface area (Å²) in [5.41, 5.74) is 2.63. The number of benzene rings is 2. The second kappa shape index (κ2) is 7.52. The van der Waals surface area contributed by atoms with Crippen LogP contribution in [0.2, 0.25) is 0 Å². The highest BCUT2D eigenvalue weighted by atomic mass is 16.2. The van der Waals surface area contributed by atoms with E-state index in [1.807, 2.05) is 4.90 Å². The summed E-state index contributed by atoms with van der Waals surface area (Å²) >= 11 is 0. The normalized spacial score (nSPS) is 14.5. The van der Waals surface area contributed by atoms with Crippen LogP contribution in [0.5, 0.6) is 0 Å². The van der Waals surface area contributed by atoms with E-state index in [1.165, 1.54) is 28.2 Å². The van der Waals surface area contributed by atoms with E-state index in [1.54, 1.807) is 11.0 Å². The summed E-state index contributed by atoms with van der Waals surface area (Å²) in [6, 6.07) is 14.9. The second-order valence-electron chi connectivity index (χ2n) is 6.61. The third kappa shape index (κ3) is 3.52. The van der Waals surface area contributed by atoms with Gasteiger partial charge in [0.25, 0.3) is 0 Å². The van der Waals surface area contributed by atoms with Crippen molar-refractivity contribution in [3.8, 4) is 0 Å². The Morgan fingerprint density at radius 2 is 2.00 bits per heavy atom. The third-order valence-electron chi connectivity index (χ3n) is 4.94. The van der Waals surface area contributed by atoms with Gasteiger partial charge < -0.3 is 4.90 Å². The molecule has 5 nitrogen and oxygen atoms in total. The average molecular weight is 346 g/mol. The minimum Gasteiger partial charge on any atom is -0.339 e. The first kappa shape index (κ1) is 16.5. The van der Waals surface area contributed by atoms with Crippen molar-refractivity contribution in [2.75, 3.05) is 13.1 Å². The Kier molecular flexibility index (Phi) is 4.78. The highest BCUT2D eigenvalue weighted by molar-refractivity contribution is 5.94. The smallest absolute Gasteiger partial charge is 0.222 e. The zero-order valence-corrected chi connectivity index (χ0v) is 14.7. The predicted molar refractivity (Wildman–Crippen MR) is 102 cm³/mol. The Labute approximate surface area is 153 Å². The van der Waals surface area contributed by atoms with Gasteiger partial charge in [0.1, 0.15) is 12.7 Å². The molecule has 3 aromatic rings. The molecule has 0 N–H and O–H groups in total. The molecule has 1 aliphatic heterocycles. The number of hydrogen-bond acceptors (Lipinski definition) is 3. The van der Waals surface area contributed by atoms with E-state index < -0.39 is 0 Å². The molecule has 0 saturated heterocycles. The van der Waals surface area contributed by atoms with Crippen LogP contribution in [0, 0.1) is 0 Å². The minimum atomic E-state index is 0.221. The molecule has 2 heterocycles. The lowest BCUT2D eigenvalue weighted by atomic mass is 9.94. The molecule has 26 heavy (non-hydrogen) atoms. The second-order valence-corrected chi connectivity index (χ2v) is 6.61. The molecule has 0 atom stereocenters. The highest BCUT2D eigenvalue weighted by Crippen LogP contribution is 2.29. The van der Waals surface area contributed by atoms with Gasteiger partial charge in [-0.05, 0) is 34.8 Å². The number of amides is 1. The molecule has 1 amide bonds. The first-order chi connectivity index (χ1) is 12.8. The minimum absolute atomic E-state index is 0.221. The molecule has 0 unspecified atom stereocenters. The summed E-state index contributed by atoms with van der Waals surface area (Å²) in [7, 11) is 0. The lowest BCUT2D eigenvalue weighted by Gasteiger charge is -2.27. The Morgan fingerprint density at radius 3 is 2.81 bits per heavy atom. The van der Waals surface area contributed by atoms with Crippen molar-refractivity contribution in [1.82, 2.24) is 19.7 Å². The summed E-state index contributed by atoms with van der Waals surface area (Å²) in [5.74, 6) is 0.221. The molecule has 5 heteroatoms. The molecule has 0 fully saturated rings. The number of nitrogens with zero attached hydrogens (tertiary/aromatic N) is 4. The number of carbonyl (C=O) groups is 1. The van der Waals surface area contributed by atoms with Crippen LogP contribution in [0.3, 0.4) is 0 Å². The van der Waals surface area contributed by atoms with Gasteiger partial charge in [-0.25, -0.2) is 4.98 Å². The largest absolute Gasteiger partial charge is 0.339 e. The van der Waals surface area contributed by atoms with Crippen LogP contribution in [0.4, 0.5) is 0 Å². The topological polar surface area (TPSA) is 51.0 Å². The Hall–Kier alpha value is -2.95. The number of fused-ring (bicyclic) bond motifs is 1. The van der Waals surface area contributed by atoms with E-state index in [-0.39, 0.29) is 5.91 Å². The summed E-state index contributed by atoms with van der Waals surface area (Å²) in [5, 5.41) is 6.61. The SMILES string of the molecule is O=C(CCCn1cncn1)N1CC=C(c2cccc3ccccc23)CC1. The van der Waals surface area contributed by atoms with Gasteiger partial charge in [0.2, 0.25) is 5.91 Å². The number of aromatic nitrogens is 3. The first-order valence-corrected chi connectivity index (χ1v) is 9.08. The first-order valence-electron chi connectivity index (χ1n) is 9.08. The van der Waals surface area contributed by atoms with Gasteiger partial charge in [-0.2, -0.15) is 5.10 Å². The maximum Gasteiger partial charge on any atom is 0.222 e. The Morgan fingerprint density at radius 1 is 1.12 bits per heavy atom. The Bertz CT molecular complexity index is 925. The molecule has 0 spiro atoms. The van der Waals surface area contributed by atoms with Crippen LogP contribution in [-0.4, -0.2) is 38.7 Å². The summed E-state index contributed by atoms with van der Waals surface area (Å²) in [4.78, 5) is 18.3. The van der Waals surface area contributed by atoms with Gasteiger partial charge in [0.05, 0.1) is 0 Å². The molecular formula is C21H22N4O. The third-order valence-corrected chi connectivity index (χ3v) is 4.94. The van der Waals surface area contributed by atoms with E-state index >= 15 is 0 Å². The van der Waals surface area contributed by atoms with Gasteiger partial charge >= 0.3 is 0 Å². The van der Waals surface area contributed by atoms with E-state index in [0.717, 1.165) is 25.9 Å². The number of hydrogen-bond donors (Lipinski definition) is 0. The zero-order valence-electron chi connectivity index (χ0n) is 14.7. The molecular weight excluding hydrogens is 324 g/mol. The fourth-order valence-electron chi connectivity index (χ4n) is 3.54. The summed E-state index contributed by atoms with van der Waals surface area (Å²) in [6.07, 6.45) is 7.66. The van der Waals surface area contributed by atoms with Gasteiger partial charge in [0, 0.05) is 26.1 Å². The summed E-state index contributed by atoms with van der Waals surface area (Å²) in [6.45, 7) is 2.22. The van der Waals surface area contributed by atoms with Crippen molar-refractivity contribution < 1.29 is 4.79 Å². The van der Waals surface area contributed by atoms with Crippen LogP contribution < -0.4 is 0 Å². The van der Waals surface area contributed by atoms with Crippen LogP contribution in [0.1, 0.15) is 24.8 Å². The maximum atomic E-state index is 12.4. The molecule has 0 bridgehead atoms. The Balaban J connectivity index is 1.39. The number of aryl methyl sites for hydroxylation is 1. The van der Waals surface area contributed by atoms with E-state index in [0.29, 0.717) is 13.0 Å². The number of rotatable bonds is 5. The summed E-state index contributed by atoms with van der Waals surface area (Å²) < 4.78 is 1.77. The van der Waals surface area contributed by atoms with Crippen molar-refractivity contribution in [3.05, 3.63) is 66.8 Å².